The van der Waals surface area contributed by atoms with E-state index in [1.807, 2.05) is 11.6 Å². The van der Waals surface area contributed by atoms with Crippen LogP contribution in [-0.2, 0) is 14.8 Å². The molecule has 0 unspecified atom stereocenters. The molecule has 5 nitrogen and oxygen atoms in total. The molecule has 6 heteroatoms. The molecule has 108 valence electrons. The zero-order valence-electron chi connectivity index (χ0n) is 11.9. The minimum Gasteiger partial charge on any atom is -0.443 e. The Morgan fingerprint density at radius 2 is 1.89 bits per heavy atom. The van der Waals surface area contributed by atoms with E-state index in [0.29, 0.717) is 19.3 Å². The van der Waals surface area contributed by atoms with Crippen molar-refractivity contribution in [3.05, 3.63) is 0 Å². The van der Waals surface area contributed by atoms with E-state index in [1.54, 1.807) is 20.8 Å². The topological polar surface area (TPSA) is 72.5 Å². The number of ether oxygens (including phenoxy) is 1. The summed E-state index contributed by atoms with van der Waals surface area (Å²) in [7, 11) is -3.73. The molecule has 0 aromatic heterocycles. The number of rotatable bonds is 3. The molecule has 0 spiro atoms. The lowest BCUT2D eigenvalue weighted by atomic mass is 10.2. The smallest absolute Gasteiger partial charge is 0.421 e. The first-order valence-electron chi connectivity index (χ1n) is 6.33. The molecule has 0 aromatic rings. The zero-order valence-corrected chi connectivity index (χ0v) is 12.7. The van der Waals surface area contributed by atoms with Gasteiger partial charge in [-0.2, -0.15) is 0 Å². The van der Waals surface area contributed by atoms with Gasteiger partial charge in [0.05, 0.1) is 0 Å². The van der Waals surface area contributed by atoms with Crippen molar-refractivity contribution in [3.63, 3.8) is 0 Å². The second kappa shape index (κ2) is 5.41. The zero-order chi connectivity index (χ0) is 14.7. The number of sulfonamides is 1. The molecule has 0 heterocycles. The summed E-state index contributed by atoms with van der Waals surface area (Å²) in [5.41, 5.74) is -0.724. The van der Waals surface area contributed by atoms with Crippen LogP contribution in [0.15, 0.2) is 0 Å². The molecule has 0 radical (unpaired) electrons. The minimum atomic E-state index is -3.73. The summed E-state index contributed by atoms with van der Waals surface area (Å²) < 4.78 is 30.3. The third-order valence-corrected chi connectivity index (χ3v) is 4.83. The van der Waals surface area contributed by atoms with Gasteiger partial charge in [-0.1, -0.05) is 6.92 Å². The molecule has 1 amide bonds. The molecule has 1 fully saturated rings. The van der Waals surface area contributed by atoms with Crippen molar-refractivity contribution in [3.8, 4) is 11.8 Å². The molecule has 1 N–H and O–H groups in total. The maximum Gasteiger partial charge on any atom is 0.421 e. The van der Waals surface area contributed by atoms with E-state index < -0.39 is 26.5 Å². The van der Waals surface area contributed by atoms with Gasteiger partial charge < -0.3 is 4.74 Å². The lowest BCUT2D eigenvalue weighted by molar-refractivity contribution is 0.0569. The fourth-order valence-electron chi connectivity index (χ4n) is 1.55. The van der Waals surface area contributed by atoms with Gasteiger partial charge in [0.2, 0.25) is 10.0 Å². The van der Waals surface area contributed by atoms with E-state index in [9.17, 15) is 13.2 Å². The lowest BCUT2D eigenvalue weighted by Crippen LogP contribution is -2.42. The maximum absolute atomic E-state index is 12.1. The van der Waals surface area contributed by atoms with Crippen molar-refractivity contribution < 1.29 is 17.9 Å². The first-order valence-corrected chi connectivity index (χ1v) is 7.81. The van der Waals surface area contributed by atoms with Gasteiger partial charge in [0.1, 0.15) is 10.3 Å². The normalized spacial score (nSPS) is 17.1. The van der Waals surface area contributed by atoms with Crippen molar-refractivity contribution in [2.24, 2.45) is 0 Å². The first kappa shape index (κ1) is 15.8. The molecule has 0 aliphatic heterocycles. The van der Waals surface area contributed by atoms with E-state index in [4.69, 9.17) is 4.74 Å². The average molecular weight is 287 g/mol. The highest BCUT2D eigenvalue weighted by Gasteiger charge is 2.55. The molecule has 0 saturated heterocycles. The summed E-state index contributed by atoms with van der Waals surface area (Å²) in [5, 5.41) is 0. The second-order valence-corrected chi connectivity index (χ2v) is 7.75. The van der Waals surface area contributed by atoms with Gasteiger partial charge in [-0.15, -0.1) is 11.8 Å². The molecule has 1 saturated carbocycles. The van der Waals surface area contributed by atoms with Crippen LogP contribution in [0, 0.1) is 11.8 Å². The van der Waals surface area contributed by atoms with Crippen LogP contribution in [0.25, 0.3) is 0 Å². The molecule has 1 rings (SSSR count). The average Bonchev–Trinajstić information content (AvgIpc) is 2.95. The van der Waals surface area contributed by atoms with E-state index in [2.05, 4.69) is 11.8 Å². The van der Waals surface area contributed by atoms with Crippen LogP contribution in [0.5, 0.6) is 0 Å². The van der Waals surface area contributed by atoms with Gasteiger partial charge in [0.25, 0.3) is 0 Å². The second-order valence-electron chi connectivity index (χ2n) is 5.67. The molecule has 1 aliphatic carbocycles. The summed E-state index contributed by atoms with van der Waals surface area (Å²) in [6.45, 7) is 6.94. The Hall–Kier alpha value is -1.22. The van der Waals surface area contributed by atoms with Crippen LogP contribution >= 0.6 is 0 Å². The monoisotopic (exact) mass is 287 g/mol. The fourth-order valence-corrected chi connectivity index (χ4v) is 2.92. The highest BCUT2D eigenvalue weighted by molar-refractivity contribution is 7.91. The van der Waals surface area contributed by atoms with Crippen LogP contribution < -0.4 is 4.72 Å². The number of amides is 1. The summed E-state index contributed by atoms with van der Waals surface area (Å²) in [6.07, 6.45) is 1.09. The van der Waals surface area contributed by atoms with E-state index in [-0.39, 0.29) is 6.42 Å². The highest BCUT2D eigenvalue weighted by Crippen LogP contribution is 2.45. The largest absolute Gasteiger partial charge is 0.443 e. The van der Waals surface area contributed by atoms with E-state index >= 15 is 0 Å². The van der Waals surface area contributed by atoms with Crippen LogP contribution in [0.2, 0.25) is 0 Å². The van der Waals surface area contributed by atoms with Gasteiger partial charge in [-0.05, 0) is 33.6 Å². The molecule has 19 heavy (non-hydrogen) atoms. The number of hydrogen-bond donors (Lipinski definition) is 1. The number of carbonyl (C=O) groups excluding carboxylic acids is 1. The molecule has 0 bridgehead atoms. The van der Waals surface area contributed by atoms with Crippen molar-refractivity contribution in [1.82, 2.24) is 4.72 Å². The molecule has 1 aliphatic rings. The predicted octanol–water partition coefficient (Wildman–Crippen LogP) is 2.18. The van der Waals surface area contributed by atoms with Crippen molar-refractivity contribution in [2.45, 2.75) is 63.7 Å². The Morgan fingerprint density at radius 1 is 1.32 bits per heavy atom. The van der Waals surface area contributed by atoms with Crippen LogP contribution in [0.3, 0.4) is 0 Å². The molecular weight excluding hydrogens is 266 g/mol. The van der Waals surface area contributed by atoms with Gasteiger partial charge in [-0.3, -0.25) is 0 Å². The van der Waals surface area contributed by atoms with Gasteiger partial charge in [0, 0.05) is 12.8 Å². The summed E-state index contributed by atoms with van der Waals surface area (Å²) >= 11 is 0. The predicted molar refractivity (Wildman–Crippen MR) is 72.9 cm³/mol. The maximum atomic E-state index is 12.1. The van der Waals surface area contributed by atoms with Gasteiger partial charge in [-0.25, -0.2) is 17.9 Å². The Bertz CT molecular complexity index is 501. The minimum absolute atomic E-state index is 0.263. The third kappa shape index (κ3) is 4.43. The quantitative estimate of drug-likeness (QED) is 0.807. The lowest BCUT2D eigenvalue weighted by Gasteiger charge is -2.21. The SMILES string of the molecule is CCC#CCC1(S(=O)(=O)NC(=O)OC(C)(C)C)CC1. The van der Waals surface area contributed by atoms with Crippen LogP contribution in [0.4, 0.5) is 4.79 Å². The summed E-state index contributed by atoms with van der Waals surface area (Å²) in [4.78, 5) is 11.5. The Balaban J connectivity index is 2.69. The molecular formula is C13H21NO4S. The Kier molecular flexibility index (Phi) is 4.51. The summed E-state index contributed by atoms with van der Waals surface area (Å²) in [5.74, 6) is 5.69. The van der Waals surface area contributed by atoms with Gasteiger partial charge >= 0.3 is 6.09 Å². The van der Waals surface area contributed by atoms with Gasteiger partial charge in [0.15, 0.2) is 0 Å². The number of carbonyl (C=O) groups is 1. The molecule has 0 atom stereocenters. The van der Waals surface area contributed by atoms with Crippen molar-refractivity contribution in [1.29, 1.82) is 0 Å². The summed E-state index contributed by atoms with van der Waals surface area (Å²) in [6, 6.07) is 0. The standard InChI is InChI=1S/C13H21NO4S/c1-5-6-7-8-13(9-10-13)19(16,17)14-11(15)18-12(2,3)4/h5,8-10H2,1-4H3,(H,14,15). The number of nitrogens with one attached hydrogen (secondary N) is 1. The first-order chi connectivity index (χ1) is 8.62. The van der Waals surface area contributed by atoms with E-state index in [0.717, 1.165) is 0 Å². The third-order valence-electron chi connectivity index (χ3n) is 2.71. The van der Waals surface area contributed by atoms with Crippen molar-refractivity contribution in [2.75, 3.05) is 0 Å². The molecule has 0 aromatic carbocycles. The fraction of sp³-hybridized carbons (Fsp3) is 0.769. The highest BCUT2D eigenvalue weighted by atomic mass is 32.2. The van der Waals surface area contributed by atoms with Crippen LogP contribution in [-0.4, -0.2) is 24.9 Å². The Morgan fingerprint density at radius 3 is 2.32 bits per heavy atom. The van der Waals surface area contributed by atoms with E-state index in [1.165, 1.54) is 0 Å². The van der Waals surface area contributed by atoms with Crippen LogP contribution in [0.1, 0.15) is 53.4 Å². The number of hydrogen-bond acceptors (Lipinski definition) is 4. The van der Waals surface area contributed by atoms with Crippen molar-refractivity contribution >= 4 is 16.1 Å². The Labute approximate surface area is 115 Å².